The van der Waals surface area contributed by atoms with E-state index >= 15 is 0 Å². The first-order chi connectivity index (χ1) is 12.7. The van der Waals surface area contributed by atoms with Crippen LogP contribution in [0.2, 0.25) is 0 Å². The first-order valence-electron chi connectivity index (χ1n) is 9.00. The number of benzene rings is 2. The molecule has 3 aromatic rings. The second-order valence-corrected chi connectivity index (χ2v) is 6.84. The molecule has 1 aliphatic heterocycles. The van der Waals surface area contributed by atoms with Crippen LogP contribution in [-0.2, 0) is 14.9 Å². The highest BCUT2D eigenvalue weighted by molar-refractivity contribution is 6.04. The Balaban J connectivity index is 1.73. The quantitative estimate of drug-likeness (QED) is 0.772. The van der Waals surface area contributed by atoms with Crippen LogP contribution in [0.4, 0.5) is 5.69 Å². The van der Waals surface area contributed by atoms with Crippen molar-refractivity contribution in [2.45, 2.75) is 25.2 Å². The summed E-state index contributed by atoms with van der Waals surface area (Å²) in [6.07, 6.45) is 1.36. The van der Waals surface area contributed by atoms with Crippen LogP contribution < -0.4 is 5.32 Å². The van der Waals surface area contributed by atoms with Gasteiger partial charge in [-0.2, -0.15) is 0 Å². The number of aryl methyl sites for hydroxylation is 1. The highest BCUT2D eigenvalue weighted by atomic mass is 16.5. The molecule has 0 saturated carbocycles. The lowest BCUT2D eigenvalue weighted by Crippen LogP contribution is -2.44. The Hall–Kier alpha value is -2.72. The lowest BCUT2D eigenvalue weighted by molar-refractivity contribution is -0.125. The maximum atomic E-state index is 13.4. The van der Waals surface area contributed by atoms with Gasteiger partial charge in [0.05, 0.1) is 16.6 Å². The number of hydrogen-bond donors (Lipinski definition) is 1. The second-order valence-electron chi connectivity index (χ2n) is 6.84. The number of aromatic nitrogens is 1. The summed E-state index contributed by atoms with van der Waals surface area (Å²) in [4.78, 5) is 18.1. The second kappa shape index (κ2) is 6.89. The zero-order valence-corrected chi connectivity index (χ0v) is 14.9. The number of fused-ring (bicyclic) bond motifs is 1. The molecule has 0 aliphatic carbocycles. The summed E-state index contributed by atoms with van der Waals surface area (Å²) in [5, 5.41) is 4.19. The molecule has 1 amide bonds. The number of hydrogen-bond acceptors (Lipinski definition) is 3. The van der Waals surface area contributed by atoms with Crippen molar-refractivity contribution in [3.63, 3.8) is 0 Å². The van der Waals surface area contributed by atoms with E-state index in [0.29, 0.717) is 26.1 Å². The lowest BCUT2D eigenvalue weighted by atomic mass is 9.73. The number of carbonyl (C=O) groups is 1. The fourth-order valence-corrected chi connectivity index (χ4v) is 3.71. The molecular weight excluding hydrogens is 324 g/mol. The summed E-state index contributed by atoms with van der Waals surface area (Å²) < 4.78 is 5.54. The minimum atomic E-state index is -0.564. The first-order valence-corrected chi connectivity index (χ1v) is 9.00. The molecule has 1 fully saturated rings. The highest BCUT2D eigenvalue weighted by Gasteiger charge is 2.41. The third-order valence-electron chi connectivity index (χ3n) is 5.22. The summed E-state index contributed by atoms with van der Waals surface area (Å²) >= 11 is 0. The van der Waals surface area contributed by atoms with Crippen LogP contribution in [0.25, 0.3) is 10.9 Å². The van der Waals surface area contributed by atoms with E-state index in [4.69, 9.17) is 4.74 Å². The number of ether oxygens (including phenoxy) is 1. The molecule has 0 bridgehead atoms. The zero-order chi connectivity index (χ0) is 18.0. The van der Waals surface area contributed by atoms with Gasteiger partial charge in [0.1, 0.15) is 0 Å². The minimum Gasteiger partial charge on any atom is -0.381 e. The monoisotopic (exact) mass is 346 g/mol. The Morgan fingerprint density at radius 2 is 1.77 bits per heavy atom. The van der Waals surface area contributed by atoms with Gasteiger partial charge in [0.2, 0.25) is 5.91 Å². The van der Waals surface area contributed by atoms with Crippen molar-refractivity contribution >= 4 is 22.5 Å². The molecule has 1 aromatic heterocycles. The van der Waals surface area contributed by atoms with E-state index in [1.54, 1.807) is 0 Å². The van der Waals surface area contributed by atoms with Crippen molar-refractivity contribution in [1.29, 1.82) is 0 Å². The van der Waals surface area contributed by atoms with Gasteiger partial charge in [-0.25, -0.2) is 0 Å². The largest absolute Gasteiger partial charge is 0.381 e. The van der Waals surface area contributed by atoms with Crippen LogP contribution in [0.5, 0.6) is 0 Å². The minimum absolute atomic E-state index is 0.0165. The number of pyridine rings is 1. The maximum absolute atomic E-state index is 13.4. The van der Waals surface area contributed by atoms with E-state index < -0.39 is 5.41 Å². The number of rotatable bonds is 3. The third-order valence-corrected chi connectivity index (χ3v) is 5.22. The summed E-state index contributed by atoms with van der Waals surface area (Å²) in [5.74, 6) is 0.0165. The van der Waals surface area contributed by atoms with Gasteiger partial charge in [0, 0.05) is 24.3 Å². The van der Waals surface area contributed by atoms with Crippen molar-refractivity contribution in [3.05, 3.63) is 71.9 Å². The van der Waals surface area contributed by atoms with Crippen molar-refractivity contribution in [2.24, 2.45) is 0 Å². The van der Waals surface area contributed by atoms with Gasteiger partial charge in [-0.15, -0.1) is 0 Å². The predicted molar refractivity (Wildman–Crippen MR) is 103 cm³/mol. The Morgan fingerprint density at radius 1 is 1.00 bits per heavy atom. The van der Waals surface area contributed by atoms with Crippen molar-refractivity contribution < 1.29 is 9.53 Å². The summed E-state index contributed by atoms with van der Waals surface area (Å²) in [6, 6.07) is 19.9. The molecule has 132 valence electrons. The Morgan fingerprint density at radius 3 is 2.54 bits per heavy atom. The molecule has 0 atom stereocenters. The number of amides is 1. The number of nitrogens with zero attached hydrogens (tertiary/aromatic N) is 1. The molecular formula is C22H22N2O2. The van der Waals surface area contributed by atoms with E-state index in [2.05, 4.69) is 10.3 Å². The summed E-state index contributed by atoms with van der Waals surface area (Å²) in [7, 11) is 0. The first kappa shape index (κ1) is 16.7. The average Bonchev–Trinajstić information content (AvgIpc) is 2.69. The van der Waals surface area contributed by atoms with Gasteiger partial charge in [0.25, 0.3) is 0 Å². The van der Waals surface area contributed by atoms with Gasteiger partial charge in [-0.1, -0.05) is 48.5 Å². The van der Waals surface area contributed by atoms with Gasteiger partial charge in [-0.3, -0.25) is 9.78 Å². The summed E-state index contributed by atoms with van der Waals surface area (Å²) in [5.41, 5.74) is 3.01. The van der Waals surface area contributed by atoms with E-state index in [-0.39, 0.29) is 5.91 Å². The molecule has 1 aliphatic rings. The van der Waals surface area contributed by atoms with Crippen LogP contribution in [0.3, 0.4) is 0 Å². The standard InChI is InChI=1S/C22H22N2O2/c1-16-10-11-17-6-5-9-19(20(17)23-16)24-21(25)22(12-14-26-15-13-22)18-7-3-2-4-8-18/h2-11H,12-15H2,1H3,(H,24,25). The smallest absolute Gasteiger partial charge is 0.235 e. The van der Waals surface area contributed by atoms with Crippen LogP contribution in [0.15, 0.2) is 60.7 Å². The highest BCUT2D eigenvalue weighted by Crippen LogP contribution is 2.36. The van der Waals surface area contributed by atoms with E-state index in [9.17, 15) is 4.79 Å². The molecule has 4 heteroatoms. The molecule has 1 saturated heterocycles. The van der Waals surface area contributed by atoms with E-state index in [1.807, 2.05) is 67.6 Å². The maximum Gasteiger partial charge on any atom is 0.235 e. The fourth-order valence-electron chi connectivity index (χ4n) is 3.71. The molecule has 0 unspecified atom stereocenters. The zero-order valence-electron chi connectivity index (χ0n) is 14.9. The van der Waals surface area contributed by atoms with Crippen LogP contribution in [0.1, 0.15) is 24.1 Å². The van der Waals surface area contributed by atoms with Crippen molar-refractivity contribution in [2.75, 3.05) is 18.5 Å². The molecule has 0 spiro atoms. The third kappa shape index (κ3) is 2.97. The molecule has 2 aromatic carbocycles. The topological polar surface area (TPSA) is 51.2 Å². The normalized spacial score (nSPS) is 16.3. The number of anilines is 1. The van der Waals surface area contributed by atoms with Crippen molar-refractivity contribution in [3.8, 4) is 0 Å². The van der Waals surface area contributed by atoms with Gasteiger partial charge >= 0.3 is 0 Å². The molecule has 26 heavy (non-hydrogen) atoms. The van der Waals surface area contributed by atoms with Gasteiger partial charge in [-0.05, 0) is 37.5 Å². The lowest BCUT2D eigenvalue weighted by Gasteiger charge is -2.36. The Bertz CT molecular complexity index is 931. The Kier molecular flexibility index (Phi) is 4.43. The van der Waals surface area contributed by atoms with E-state index in [1.165, 1.54) is 0 Å². The van der Waals surface area contributed by atoms with Crippen LogP contribution in [-0.4, -0.2) is 24.1 Å². The molecule has 4 rings (SSSR count). The van der Waals surface area contributed by atoms with E-state index in [0.717, 1.165) is 27.8 Å². The van der Waals surface area contributed by atoms with Crippen LogP contribution >= 0.6 is 0 Å². The summed E-state index contributed by atoms with van der Waals surface area (Å²) in [6.45, 7) is 3.15. The average molecular weight is 346 g/mol. The molecule has 0 radical (unpaired) electrons. The molecule has 2 heterocycles. The van der Waals surface area contributed by atoms with Crippen molar-refractivity contribution in [1.82, 2.24) is 4.98 Å². The SMILES string of the molecule is Cc1ccc2cccc(NC(=O)C3(c4ccccc4)CCOCC3)c2n1. The Labute approximate surface area is 153 Å². The van der Waals surface area contributed by atoms with Crippen LogP contribution in [0, 0.1) is 6.92 Å². The predicted octanol–water partition coefficient (Wildman–Crippen LogP) is 4.23. The number of para-hydroxylation sites is 1. The fraction of sp³-hybridized carbons (Fsp3) is 0.273. The number of nitrogens with one attached hydrogen (secondary N) is 1. The number of carbonyl (C=O) groups excluding carboxylic acids is 1. The van der Waals surface area contributed by atoms with Gasteiger partial charge in [0.15, 0.2) is 0 Å². The van der Waals surface area contributed by atoms with Gasteiger partial charge < -0.3 is 10.1 Å². The molecule has 1 N–H and O–H groups in total. The molecule has 4 nitrogen and oxygen atoms in total.